The number of hydrogen-bond acceptors (Lipinski definition) is 7. The lowest BCUT2D eigenvalue weighted by Crippen LogP contribution is -2.29. The minimum absolute atomic E-state index is 0.0890. The van der Waals surface area contributed by atoms with Gasteiger partial charge in [0.1, 0.15) is 29.7 Å². The summed E-state index contributed by atoms with van der Waals surface area (Å²) in [6.07, 6.45) is 1.62. The largest absolute Gasteiger partial charge is 0.507 e. The fraction of sp³-hybridized carbons (Fsp3) is 0.138. The molecule has 0 aliphatic carbocycles. The molecule has 0 saturated carbocycles. The van der Waals surface area contributed by atoms with E-state index in [1.807, 2.05) is 6.92 Å². The van der Waals surface area contributed by atoms with E-state index < -0.39 is 23.5 Å². The normalized spacial score (nSPS) is 16.7. The Morgan fingerprint density at radius 1 is 1.11 bits per heavy atom. The van der Waals surface area contributed by atoms with Gasteiger partial charge in [-0.05, 0) is 55.0 Å². The second-order valence-corrected chi connectivity index (χ2v) is 9.42. The number of aromatic nitrogens is 1. The molecule has 0 spiro atoms. The Kier molecular flexibility index (Phi) is 6.93. The molecule has 1 saturated heterocycles. The first-order valence-corrected chi connectivity index (χ1v) is 12.7. The molecule has 5 rings (SSSR count). The second-order valence-electron chi connectivity index (χ2n) is 8.41. The number of Topliss-reactive ketones (excluding diaryl/α,β-unsaturated/α-hetero) is 1. The molecule has 0 radical (unpaired) electrons. The first-order valence-electron chi connectivity index (χ1n) is 11.8. The van der Waals surface area contributed by atoms with Crippen LogP contribution >= 0.6 is 11.3 Å². The maximum Gasteiger partial charge on any atom is 0.301 e. The van der Waals surface area contributed by atoms with E-state index in [4.69, 9.17) is 9.47 Å². The molecule has 7 nitrogen and oxygen atoms in total. The van der Waals surface area contributed by atoms with E-state index in [0.717, 1.165) is 11.3 Å². The molecular weight excluding hydrogens is 507 g/mol. The molecule has 0 bridgehead atoms. The van der Waals surface area contributed by atoms with Crippen molar-refractivity contribution in [3.05, 3.63) is 102 Å². The van der Waals surface area contributed by atoms with Gasteiger partial charge in [-0.1, -0.05) is 48.3 Å². The number of nitrogens with zero attached hydrogens (tertiary/aromatic N) is 2. The summed E-state index contributed by atoms with van der Waals surface area (Å²) < 4.78 is 25.5. The predicted octanol–water partition coefficient (Wildman–Crippen LogP) is 6.03. The Morgan fingerprint density at radius 3 is 2.63 bits per heavy atom. The van der Waals surface area contributed by atoms with Gasteiger partial charge >= 0.3 is 5.91 Å². The molecule has 1 aromatic heterocycles. The molecule has 1 N–H and O–H groups in total. The van der Waals surface area contributed by atoms with Gasteiger partial charge in [0.05, 0.1) is 28.4 Å². The van der Waals surface area contributed by atoms with E-state index >= 15 is 0 Å². The minimum atomic E-state index is -0.982. The highest BCUT2D eigenvalue weighted by Crippen LogP contribution is 2.44. The molecule has 4 aromatic rings. The Hall–Kier alpha value is -4.50. The van der Waals surface area contributed by atoms with Crippen LogP contribution in [-0.2, 0) is 9.59 Å². The molecule has 1 unspecified atom stereocenters. The number of hydrogen-bond donors (Lipinski definition) is 1. The number of ether oxygens (including phenoxy) is 2. The van der Waals surface area contributed by atoms with Crippen LogP contribution in [0, 0.1) is 5.82 Å². The van der Waals surface area contributed by atoms with Gasteiger partial charge < -0.3 is 14.6 Å². The monoisotopic (exact) mass is 530 g/mol. The van der Waals surface area contributed by atoms with Gasteiger partial charge in [-0.25, -0.2) is 9.37 Å². The lowest BCUT2D eigenvalue weighted by atomic mass is 9.95. The average molecular weight is 531 g/mol. The van der Waals surface area contributed by atoms with Gasteiger partial charge in [-0.15, -0.1) is 0 Å². The Balaban J connectivity index is 1.67. The Morgan fingerprint density at radius 2 is 1.89 bits per heavy atom. The van der Waals surface area contributed by atoms with E-state index in [2.05, 4.69) is 11.6 Å². The van der Waals surface area contributed by atoms with Crippen LogP contribution in [-0.4, -0.2) is 35.0 Å². The number of aliphatic hydroxyl groups excluding tert-OH is 1. The van der Waals surface area contributed by atoms with Crippen molar-refractivity contribution in [1.29, 1.82) is 0 Å². The quantitative estimate of drug-likeness (QED) is 0.130. The summed E-state index contributed by atoms with van der Waals surface area (Å²) in [5, 5.41) is 11.6. The topological polar surface area (TPSA) is 89.0 Å². The van der Waals surface area contributed by atoms with Crippen LogP contribution < -0.4 is 14.4 Å². The smallest absolute Gasteiger partial charge is 0.301 e. The van der Waals surface area contributed by atoms with Gasteiger partial charge in [0.15, 0.2) is 5.13 Å². The maximum atomic E-state index is 13.8. The van der Waals surface area contributed by atoms with E-state index in [9.17, 15) is 19.1 Å². The number of aliphatic hydroxyl groups is 1. The molecule has 3 aromatic carbocycles. The third-order valence-electron chi connectivity index (χ3n) is 5.97. The van der Waals surface area contributed by atoms with Crippen molar-refractivity contribution in [2.24, 2.45) is 0 Å². The first-order chi connectivity index (χ1) is 18.4. The third kappa shape index (κ3) is 4.64. The van der Waals surface area contributed by atoms with Crippen LogP contribution in [0.1, 0.15) is 24.1 Å². The van der Waals surface area contributed by atoms with E-state index in [-0.39, 0.29) is 16.5 Å². The van der Waals surface area contributed by atoms with Crippen molar-refractivity contribution in [2.45, 2.75) is 13.0 Å². The standard InChI is InChI=1S/C29H23FN2O5S/c1-3-14-37-20-11-8-17(9-12-20)25-24(26(33)18-6-5-7-21(15-18)36-4-2)27(34)28(35)32(25)29-31-22-13-10-19(30)16-23(22)38-29/h3,5-13,15-16,25,33H,1,4,14H2,2H3. The summed E-state index contributed by atoms with van der Waals surface area (Å²) >= 11 is 1.09. The van der Waals surface area contributed by atoms with Gasteiger partial charge in [0, 0.05) is 5.56 Å². The number of ketones is 1. The zero-order chi connectivity index (χ0) is 26.8. The number of fused-ring (bicyclic) bond motifs is 1. The third-order valence-corrected chi connectivity index (χ3v) is 6.99. The summed E-state index contributed by atoms with van der Waals surface area (Å²) in [7, 11) is 0. The fourth-order valence-electron chi connectivity index (χ4n) is 4.29. The lowest BCUT2D eigenvalue weighted by molar-refractivity contribution is -0.132. The molecule has 192 valence electrons. The van der Waals surface area contributed by atoms with Crippen molar-refractivity contribution in [1.82, 2.24) is 4.98 Å². The van der Waals surface area contributed by atoms with Gasteiger partial charge in [0.2, 0.25) is 0 Å². The predicted molar refractivity (Wildman–Crippen MR) is 144 cm³/mol. The van der Waals surface area contributed by atoms with E-state index in [0.29, 0.717) is 46.1 Å². The van der Waals surface area contributed by atoms with Crippen molar-refractivity contribution in [3.63, 3.8) is 0 Å². The van der Waals surface area contributed by atoms with Crippen LogP contribution in [0.3, 0.4) is 0 Å². The number of benzene rings is 3. The molecule has 1 aliphatic rings. The maximum absolute atomic E-state index is 13.8. The first kappa shape index (κ1) is 25.2. The second kappa shape index (κ2) is 10.5. The molecule has 9 heteroatoms. The molecular formula is C29H23FN2O5S. The molecule has 2 heterocycles. The van der Waals surface area contributed by atoms with Crippen molar-refractivity contribution < 1.29 is 28.6 Å². The van der Waals surface area contributed by atoms with Crippen LogP contribution in [0.5, 0.6) is 11.5 Å². The number of thiazole rings is 1. The molecule has 1 aliphatic heterocycles. The number of amides is 1. The minimum Gasteiger partial charge on any atom is -0.507 e. The molecule has 38 heavy (non-hydrogen) atoms. The summed E-state index contributed by atoms with van der Waals surface area (Å²) in [6.45, 7) is 6.21. The average Bonchev–Trinajstić information content (AvgIpc) is 3.45. The van der Waals surface area contributed by atoms with Crippen LogP contribution in [0.15, 0.2) is 85.0 Å². The van der Waals surface area contributed by atoms with Gasteiger partial charge in [0.25, 0.3) is 5.78 Å². The summed E-state index contributed by atoms with van der Waals surface area (Å²) in [5.74, 6) is -1.38. The Labute approximate surface area is 222 Å². The fourth-order valence-corrected chi connectivity index (χ4v) is 5.31. The molecule has 1 atom stereocenters. The highest BCUT2D eigenvalue weighted by molar-refractivity contribution is 7.22. The van der Waals surface area contributed by atoms with Gasteiger partial charge in [-0.2, -0.15) is 0 Å². The summed E-state index contributed by atoms with van der Waals surface area (Å²) in [4.78, 5) is 32.6. The number of rotatable bonds is 8. The van der Waals surface area contributed by atoms with Crippen LogP contribution in [0.2, 0.25) is 0 Å². The van der Waals surface area contributed by atoms with Crippen molar-refractivity contribution in [3.8, 4) is 11.5 Å². The summed E-state index contributed by atoms with van der Waals surface area (Å²) in [6, 6.07) is 16.7. The number of anilines is 1. The van der Waals surface area contributed by atoms with Gasteiger partial charge in [-0.3, -0.25) is 14.5 Å². The van der Waals surface area contributed by atoms with Crippen molar-refractivity contribution >= 4 is 44.1 Å². The number of halogens is 1. The summed E-state index contributed by atoms with van der Waals surface area (Å²) in [5.41, 5.74) is 1.29. The van der Waals surface area contributed by atoms with E-state index in [1.54, 1.807) is 54.6 Å². The van der Waals surface area contributed by atoms with Crippen LogP contribution in [0.4, 0.5) is 9.52 Å². The van der Waals surface area contributed by atoms with Crippen LogP contribution in [0.25, 0.3) is 16.0 Å². The molecule has 1 amide bonds. The van der Waals surface area contributed by atoms with Crippen molar-refractivity contribution in [2.75, 3.05) is 18.1 Å². The highest BCUT2D eigenvalue weighted by Gasteiger charge is 2.48. The Bertz CT molecular complexity index is 1580. The zero-order valence-corrected chi connectivity index (χ0v) is 21.2. The lowest BCUT2D eigenvalue weighted by Gasteiger charge is -2.23. The number of carbonyl (C=O) groups is 2. The van der Waals surface area contributed by atoms with E-state index in [1.165, 1.54) is 23.1 Å². The number of carbonyl (C=O) groups excluding carboxylic acids is 2. The SMILES string of the molecule is C=CCOc1ccc(C2C(=C(O)c3cccc(OCC)c3)C(=O)C(=O)N2c2nc3ccc(F)cc3s2)cc1. The molecule has 1 fully saturated rings. The zero-order valence-electron chi connectivity index (χ0n) is 20.4. The highest BCUT2D eigenvalue weighted by atomic mass is 32.1.